The van der Waals surface area contributed by atoms with Crippen LogP contribution in [0, 0.1) is 11.3 Å². The van der Waals surface area contributed by atoms with Gasteiger partial charge in [0.25, 0.3) is 0 Å². The van der Waals surface area contributed by atoms with Gasteiger partial charge in [0, 0.05) is 44.3 Å². The summed E-state index contributed by atoms with van der Waals surface area (Å²) in [5, 5.41) is 21.9. The number of carboxylic acid groups (broad SMARTS) is 1. The zero-order chi connectivity index (χ0) is 20.5. The number of methoxy groups -OCH3 is 1. The summed E-state index contributed by atoms with van der Waals surface area (Å²) in [5.41, 5.74) is 0.888. The Morgan fingerprint density at radius 1 is 1.38 bits per heavy atom. The Morgan fingerprint density at radius 2 is 2.17 bits per heavy atom. The first-order valence-electron chi connectivity index (χ1n) is 9.89. The number of nitrogens with zero attached hydrogens (tertiary/aromatic N) is 3. The van der Waals surface area contributed by atoms with E-state index in [2.05, 4.69) is 16.3 Å². The fourth-order valence-electron chi connectivity index (χ4n) is 4.13. The van der Waals surface area contributed by atoms with Crippen LogP contribution in [0.25, 0.3) is 10.9 Å². The highest BCUT2D eigenvalue weighted by molar-refractivity contribution is 5.97. The van der Waals surface area contributed by atoms with Gasteiger partial charge in [0.15, 0.2) is 5.75 Å². The summed E-state index contributed by atoms with van der Waals surface area (Å²) in [5.74, 6) is -0.596. The number of hydrogen-bond acceptors (Lipinski definition) is 6. The Hall–Kier alpha value is -3.05. The molecule has 1 aromatic carbocycles. The third kappa shape index (κ3) is 3.54. The first kappa shape index (κ1) is 19.3. The molecule has 0 spiro atoms. The molecule has 2 N–H and O–H groups in total. The van der Waals surface area contributed by atoms with Crippen molar-refractivity contribution in [3.8, 4) is 11.8 Å². The Balaban J connectivity index is 1.77. The largest absolute Gasteiger partial charge is 0.492 e. The first-order valence-corrected chi connectivity index (χ1v) is 9.89. The van der Waals surface area contributed by atoms with Gasteiger partial charge in [-0.2, -0.15) is 5.26 Å². The molecule has 1 aromatic heterocycles. The number of nitrogens with one attached hydrogen (secondary N) is 1. The molecular formula is C21H24N4O4. The molecular weight excluding hydrogens is 372 g/mol. The van der Waals surface area contributed by atoms with E-state index < -0.39 is 11.4 Å². The molecule has 1 atom stereocenters. The number of rotatable bonds is 7. The number of ether oxygens (including phenoxy) is 1. The summed E-state index contributed by atoms with van der Waals surface area (Å²) in [7, 11) is 1.59. The highest BCUT2D eigenvalue weighted by atomic mass is 16.5. The fourth-order valence-corrected chi connectivity index (χ4v) is 4.13. The lowest BCUT2D eigenvalue weighted by Gasteiger charge is -2.24. The van der Waals surface area contributed by atoms with E-state index in [1.807, 2.05) is 10.6 Å². The summed E-state index contributed by atoms with van der Waals surface area (Å²) >= 11 is 0. The summed E-state index contributed by atoms with van der Waals surface area (Å²) < 4.78 is 7.67. The Labute approximate surface area is 168 Å². The zero-order valence-corrected chi connectivity index (χ0v) is 16.4. The van der Waals surface area contributed by atoms with Gasteiger partial charge in [-0.05, 0) is 31.4 Å². The molecule has 1 saturated heterocycles. The maximum Gasteiger partial charge on any atom is 0.341 e. The molecule has 8 nitrogen and oxygen atoms in total. The van der Waals surface area contributed by atoms with Crippen molar-refractivity contribution in [2.24, 2.45) is 0 Å². The minimum atomic E-state index is -1.21. The van der Waals surface area contributed by atoms with Crippen LogP contribution in [0.4, 0.5) is 5.69 Å². The lowest BCUT2D eigenvalue weighted by atomic mass is 10.1. The van der Waals surface area contributed by atoms with Crippen LogP contribution in [0.5, 0.6) is 5.75 Å². The highest BCUT2D eigenvalue weighted by Gasteiger charge is 2.31. The third-order valence-corrected chi connectivity index (χ3v) is 5.70. The van der Waals surface area contributed by atoms with Crippen LogP contribution in [0.2, 0.25) is 0 Å². The Bertz CT molecular complexity index is 1050. The highest BCUT2D eigenvalue weighted by Crippen LogP contribution is 2.42. The molecule has 2 fully saturated rings. The molecule has 1 saturated carbocycles. The van der Waals surface area contributed by atoms with E-state index >= 15 is 0 Å². The second-order valence-corrected chi connectivity index (χ2v) is 7.62. The summed E-state index contributed by atoms with van der Waals surface area (Å²) in [4.78, 5) is 26.5. The first-order chi connectivity index (χ1) is 14.0. The number of aromatic nitrogens is 1. The molecule has 152 valence electrons. The van der Waals surface area contributed by atoms with Gasteiger partial charge >= 0.3 is 5.97 Å². The molecule has 0 amide bonds. The predicted molar refractivity (Wildman–Crippen MR) is 109 cm³/mol. The van der Waals surface area contributed by atoms with Crippen LogP contribution in [-0.2, 0) is 0 Å². The topological polar surface area (TPSA) is 108 Å². The zero-order valence-electron chi connectivity index (χ0n) is 16.4. The van der Waals surface area contributed by atoms with Gasteiger partial charge in [-0.25, -0.2) is 4.79 Å². The Kier molecular flexibility index (Phi) is 5.16. The normalized spacial score (nSPS) is 18.8. The van der Waals surface area contributed by atoms with Crippen LogP contribution < -0.4 is 20.4 Å². The second kappa shape index (κ2) is 7.76. The molecule has 2 aromatic rings. The predicted octanol–water partition coefficient (Wildman–Crippen LogP) is 2.13. The quantitative estimate of drug-likeness (QED) is 0.690. The molecule has 8 heteroatoms. The fraction of sp³-hybridized carbons (Fsp3) is 0.476. The molecule has 0 radical (unpaired) electrons. The van der Waals surface area contributed by atoms with Crippen molar-refractivity contribution in [1.29, 1.82) is 5.26 Å². The van der Waals surface area contributed by atoms with Gasteiger partial charge in [0.05, 0.1) is 29.8 Å². The van der Waals surface area contributed by atoms with E-state index in [1.165, 1.54) is 6.20 Å². The van der Waals surface area contributed by atoms with Gasteiger partial charge < -0.3 is 24.6 Å². The second-order valence-electron chi connectivity index (χ2n) is 7.62. The molecule has 0 bridgehead atoms. The van der Waals surface area contributed by atoms with Gasteiger partial charge in [-0.3, -0.25) is 4.79 Å². The van der Waals surface area contributed by atoms with E-state index in [4.69, 9.17) is 10.00 Å². The minimum absolute atomic E-state index is 0.194. The summed E-state index contributed by atoms with van der Waals surface area (Å²) in [6.45, 7) is 2.30. The van der Waals surface area contributed by atoms with Crippen LogP contribution in [0.1, 0.15) is 42.1 Å². The average Bonchev–Trinajstić information content (AvgIpc) is 3.45. The van der Waals surface area contributed by atoms with Crippen molar-refractivity contribution in [1.82, 2.24) is 9.88 Å². The van der Waals surface area contributed by atoms with Gasteiger partial charge in [0.2, 0.25) is 5.43 Å². The van der Waals surface area contributed by atoms with Crippen molar-refractivity contribution in [2.45, 2.75) is 37.8 Å². The summed E-state index contributed by atoms with van der Waals surface area (Å²) in [6.07, 6.45) is 4.82. The Morgan fingerprint density at radius 3 is 2.83 bits per heavy atom. The number of nitriles is 1. The molecule has 1 unspecified atom stereocenters. The smallest absolute Gasteiger partial charge is 0.341 e. The van der Waals surface area contributed by atoms with E-state index in [0.29, 0.717) is 35.7 Å². The standard InChI is InChI=1S/C21H24N4O4/c1-29-20-17(24-10-7-13(11-24)23-9-2-8-22)6-5-15-18(20)25(14-3-4-14)12-16(19(15)26)21(27)28/h5-6,12-14,23H,2-4,7,9-11H2,1H3,(H,27,28). The molecule has 1 aliphatic heterocycles. The molecule has 1 aliphatic carbocycles. The summed E-state index contributed by atoms with van der Waals surface area (Å²) in [6, 6.07) is 6.20. The van der Waals surface area contributed by atoms with Crippen molar-refractivity contribution in [2.75, 3.05) is 31.6 Å². The molecule has 4 rings (SSSR count). The average molecular weight is 396 g/mol. The number of carbonyl (C=O) groups is 1. The van der Waals surface area contributed by atoms with Crippen LogP contribution >= 0.6 is 0 Å². The molecule has 2 aliphatic rings. The van der Waals surface area contributed by atoms with Gasteiger partial charge in [-0.1, -0.05) is 0 Å². The van der Waals surface area contributed by atoms with Crippen molar-refractivity contribution < 1.29 is 14.6 Å². The number of carboxylic acids is 1. The SMILES string of the molecule is COc1c(N2CCC(NCCC#N)C2)ccc2c(=O)c(C(=O)O)cn(C3CC3)c12. The van der Waals surface area contributed by atoms with Gasteiger partial charge in [0.1, 0.15) is 5.56 Å². The number of aromatic carboxylic acids is 1. The molecule has 29 heavy (non-hydrogen) atoms. The lowest BCUT2D eigenvalue weighted by Crippen LogP contribution is -2.33. The third-order valence-electron chi connectivity index (χ3n) is 5.70. The van der Waals surface area contributed by atoms with Gasteiger partial charge in [-0.15, -0.1) is 0 Å². The van der Waals surface area contributed by atoms with Crippen molar-refractivity contribution in [3.63, 3.8) is 0 Å². The van der Waals surface area contributed by atoms with E-state index in [0.717, 1.165) is 38.0 Å². The van der Waals surface area contributed by atoms with Crippen molar-refractivity contribution in [3.05, 3.63) is 34.1 Å². The number of benzene rings is 1. The van der Waals surface area contributed by atoms with E-state index in [-0.39, 0.29) is 11.6 Å². The number of pyridine rings is 1. The number of fused-ring (bicyclic) bond motifs is 1. The van der Waals surface area contributed by atoms with Crippen LogP contribution in [-0.4, -0.2) is 48.4 Å². The van der Waals surface area contributed by atoms with E-state index in [1.54, 1.807) is 13.2 Å². The monoisotopic (exact) mass is 396 g/mol. The van der Waals surface area contributed by atoms with E-state index in [9.17, 15) is 14.7 Å². The molecule has 2 heterocycles. The maximum absolute atomic E-state index is 12.8. The number of hydrogen-bond donors (Lipinski definition) is 2. The van der Waals surface area contributed by atoms with Crippen LogP contribution in [0.3, 0.4) is 0 Å². The minimum Gasteiger partial charge on any atom is -0.492 e. The van der Waals surface area contributed by atoms with Crippen LogP contribution in [0.15, 0.2) is 23.1 Å². The maximum atomic E-state index is 12.8. The lowest BCUT2D eigenvalue weighted by molar-refractivity contribution is 0.0695. The van der Waals surface area contributed by atoms with Crippen molar-refractivity contribution >= 4 is 22.6 Å². The number of anilines is 1.